The Morgan fingerprint density at radius 1 is 1.17 bits per heavy atom. The molecule has 1 N–H and O–H groups in total. The Balaban J connectivity index is 1.63. The van der Waals surface area contributed by atoms with E-state index in [1.807, 2.05) is 53.9 Å². The zero-order chi connectivity index (χ0) is 16.9. The predicted octanol–water partition coefficient (Wildman–Crippen LogP) is 5.00. The molecular weight excluding hydrogens is 344 g/mol. The highest BCUT2D eigenvalue weighted by Gasteiger charge is 2.06. The number of carbonyl (C=O) groups excluding carboxylic acids is 1. The van der Waals surface area contributed by atoms with Gasteiger partial charge in [0, 0.05) is 22.9 Å². The first kappa shape index (κ1) is 16.5. The zero-order valence-electron chi connectivity index (χ0n) is 13.0. The first-order chi connectivity index (χ1) is 11.6. The molecule has 2 aromatic carbocycles. The maximum absolute atomic E-state index is 11.0. The van der Waals surface area contributed by atoms with Crippen LogP contribution < -0.4 is 10.1 Å². The van der Waals surface area contributed by atoms with Crippen molar-refractivity contribution < 1.29 is 9.53 Å². The summed E-state index contributed by atoms with van der Waals surface area (Å²) in [6.07, 6.45) is 0. The molecule has 0 atom stereocenters. The summed E-state index contributed by atoms with van der Waals surface area (Å²) in [5.74, 6) is 0.660. The average Bonchev–Trinajstić information content (AvgIpc) is 3.02. The summed E-state index contributed by atoms with van der Waals surface area (Å²) >= 11 is 7.27. The van der Waals surface area contributed by atoms with E-state index < -0.39 is 0 Å². The number of hydrogen-bond donors (Lipinski definition) is 1. The Labute approximate surface area is 149 Å². The van der Waals surface area contributed by atoms with Crippen LogP contribution in [-0.4, -0.2) is 10.9 Å². The number of hydrogen-bond acceptors (Lipinski definition) is 4. The summed E-state index contributed by atoms with van der Waals surface area (Å²) in [6.45, 7) is 1.95. The van der Waals surface area contributed by atoms with Crippen molar-refractivity contribution in [1.29, 1.82) is 0 Å². The number of rotatable bonds is 5. The fourth-order valence-electron chi connectivity index (χ4n) is 2.08. The molecule has 0 unspecified atom stereocenters. The van der Waals surface area contributed by atoms with Crippen molar-refractivity contribution >= 4 is 34.0 Å². The van der Waals surface area contributed by atoms with E-state index in [2.05, 4.69) is 10.3 Å². The summed E-state index contributed by atoms with van der Waals surface area (Å²) in [5, 5.41) is 5.91. The van der Waals surface area contributed by atoms with Gasteiger partial charge in [0.25, 0.3) is 0 Å². The van der Waals surface area contributed by atoms with Crippen LogP contribution in [0.5, 0.6) is 5.75 Å². The highest BCUT2D eigenvalue weighted by molar-refractivity contribution is 7.14. The summed E-state index contributed by atoms with van der Waals surface area (Å²) in [5.41, 5.74) is 2.86. The van der Waals surface area contributed by atoms with E-state index in [-0.39, 0.29) is 5.91 Å². The normalized spacial score (nSPS) is 10.4. The van der Waals surface area contributed by atoms with E-state index in [0.29, 0.717) is 16.8 Å². The van der Waals surface area contributed by atoms with Crippen molar-refractivity contribution in [3.63, 3.8) is 0 Å². The van der Waals surface area contributed by atoms with E-state index in [9.17, 15) is 4.79 Å². The van der Waals surface area contributed by atoms with Crippen LogP contribution in [0.2, 0.25) is 5.02 Å². The lowest BCUT2D eigenvalue weighted by Crippen LogP contribution is -2.04. The number of amides is 1. The smallest absolute Gasteiger partial charge is 0.223 e. The minimum absolute atomic E-state index is 0.123. The van der Waals surface area contributed by atoms with Gasteiger partial charge in [0.05, 0.1) is 5.69 Å². The second kappa shape index (κ2) is 7.47. The number of nitrogens with zero attached hydrogens (tertiary/aromatic N) is 1. The molecule has 4 nitrogen and oxygen atoms in total. The van der Waals surface area contributed by atoms with Gasteiger partial charge < -0.3 is 10.1 Å². The fraction of sp³-hybridized carbons (Fsp3) is 0.111. The molecule has 1 heterocycles. The van der Waals surface area contributed by atoms with Gasteiger partial charge in [-0.1, -0.05) is 23.7 Å². The molecule has 0 radical (unpaired) electrons. The number of ether oxygens (including phenoxy) is 1. The van der Waals surface area contributed by atoms with E-state index in [1.165, 1.54) is 18.3 Å². The van der Waals surface area contributed by atoms with Gasteiger partial charge in [-0.25, -0.2) is 4.98 Å². The van der Waals surface area contributed by atoms with Crippen LogP contribution in [0.1, 0.15) is 12.5 Å². The number of thiazole rings is 1. The molecule has 1 amide bonds. The van der Waals surface area contributed by atoms with Gasteiger partial charge in [-0.3, -0.25) is 4.79 Å². The van der Waals surface area contributed by atoms with Crippen LogP contribution >= 0.6 is 22.9 Å². The topological polar surface area (TPSA) is 51.2 Å². The van der Waals surface area contributed by atoms with E-state index in [1.54, 1.807) is 0 Å². The second-order valence-electron chi connectivity index (χ2n) is 5.16. The van der Waals surface area contributed by atoms with Crippen LogP contribution in [0, 0.1) is 0 Å². The van der Waals surface area contributed by atoms with Crippen molar-refractivity contribution in [2.24, 2.45) is 0 Å². The molecule has 3 aromatic rings. The number of halogens is 1. The molecule has 0 aliphatic rings. The van der Waals surface area contributed by atoms with E-state index in [0.717, 1.165) is 22.6 Å². The predicted molar refractivity (Wildman–Crippen MR) is 97.6 cm³/mol. The van der Waals surface area contributed by atoms with Crippen molar-refractivity contribution in [3.05, 3.63) is 64.5 Å². The molecular formula is C18H15ClN2O2S. The largest absolute Gasteiger partial charge is 0.489 e. The SMILES string of the molecule is CC(=O)Nc1nc(-c2ccc(OCc3ccc(Cl)cc3)cc2)cs1. The Hall–Kier alpha value is -2.37. The quantitative estimate of drug-likeness (QED) is 0.698. The molecule has 0 fully saturated rings. The van der Waals surface area contributed by atoms with Gasteiger partial charge in [0.15, 0.2) is 5.13 Å². The lowest BCUT2D eigenvalue weighted by atomic mass is 10.2. The molecule has 6 heteroatoms. The number of carbonyl (C=O) groups is 1. The molecule has 3 rings (SSSR count). The van der Waals surface area contributed by atoms with Crippen LogP contribution in [0.3, 0.4) is 0 Å². The van der Waals surface area contributed by atoms with Gasteiger partial charge in [-0.05, 0) is 42.0 Å². The van der Waals surface area contributed by atoms with Crippen LogP contribution in [0.4, 0.5) is 5.13 Å². The zero-order valence-corrected chi connectivity index (χ0v) is 14.5. The standard InChI is InChI=1S/C18H15ClN2O2S/c1-12(22)20-18-21-17(11-24-18)14-4-8-16(9-5-14)23-10-13-2-6-15(19)7-3-13/h2-9,11H,10H2,1H3,(H,20,21,22). The van der Waals surface area contributed by atoms with Crippen molar-refractivity contribution in [3.8, 4) is 17.0 Å². The first-order valence-electron chi connectivity index (χ1n) is 7.31. The van der Waals surface area contributed by atoms with Gasteiger partial charge in [-0.15, -0.1) is 11.3 Å². The number of nitrogens with one attached hydrogen (secondary N) is 1. The Morgan fingerprint density at radius 3 is 2.54 bits per heavy atom. The second-order valence-corrected chi connectivity index (χ2v) is 6.45. The molecule has 0 saturated heterocycles. The van der Waals surface area contributed by atoms with Crippen LogP contribution in [0.15, 0.2) is 53.9 Å². The van der Waals surface area contributed by atoms with Crippen LogP contribution in [-0.2, 0) is 11.4 Å². The molecule has 122 valence electrons. The van der Waals surface area contributed by atoms with Gasteiger partial charge >= 0.3 is 0 Å². The Bertz CT molecular complexity index is 829. The molecule has 0 saturated carbocycles. The highest BCUT2D eigenvalue weighted by atomic mass is 35.5. The minimum atomic E-state index is -0.123. The number of aromatic nitrogens is 1. The van der Waals surface area contributed by atoms with E-state index in [4.69, 9.17) is 16.3 Å². The maximum Gasteiger partial charge on any atom is 0.223 e. The molecule has 0 aliphatic carbocycles. The van der Waals surface area contributed by atoms with Crippen molar-refractivity contribution in [1.82, 2.24) is 4.98 Å². The summed E-state index contributed by atoms with van der Waals surface area (Å²) < 4.78 is 5.76. The summed E-state index contributed by atoms with van der Waals surface area (Å²) in [7, 11) is 0. The Morgan fingerprint density at radius 2 is 1.88 bits per heavy atom. The summed E-state index contributed by atoms with van der Waals surface area (Å²) in [6, 6.07) is 15.3. The van der Waals surface area contributed by atoms with Gasteiger partial charge in [0.2, 0.25) is 5.91 Å². The van der Waals surface area contributed by atoms with E-state index >= 15 is 0 Å². The highest BCUT2D eigenvalue weighted by Crippen LogP contribution is 2.26. The molecule has 0 spiro atoms. The molecule has 1 aromatic heterocycles. The van der Waals surface area contributed by atoms with Crippen molar-refractivity contribution in [2.45, 2.75) is 13.5 Å². The third-order valence-corrected chi connectivity index (χ3v) is 4.27. The fourth-order valence-corrected chi connectivity index (χ4v) is 2.98. The van der Waals surface area contributed by atoms with Crippen LogP contribution in [0.25, 0.3) is 11.3 Å². The molecule has 0 aliphatic heterocycles. The Kier molecular flexibility index (Phi) is 5.13. The first-order valence-corrected chi connectivity index (χ1v) is 8.57. The molecule has 24 heavy (non-hydrogen) atoms. The lowest BCUT2D eigenvalue weighted by molar-refractivity contribution is -0.114. The lowest BCUT2D eigenvalue weighted by Gasteiger charge is -2.07. The summed E-state index contributed by atoms with van der Waals surface area (Å²) in [4.78, 5) is 15.4. The number of benzene rings is 2. The third kappa shape index (κ3) is 4.34. The molecule has 0 bridgehead atoms. The van der Waals surface area contributed by atoms with Gasteiger partial charge in [0.1, 0.15) is 12.4 Å². The maximum atomic E-state index is 11.0. The van der Waals surface area contributed by atoms with Crippen molar-refractivity contribution in [2.75, 3.05) is 5.32 Å². The number of anilines is 1. The third-order valence-electron chi connectivity index (χ3n) is 3.26. The van der Waals surface area contributed by atoms with Gasteiger partial charge in [-0.2, -0.15) is 0 Å². The monoisotopic (exact) mass is 358 g/mol. The average molecular weight is 359 g/mol. The minimum Gasteiger partial charge on any atom is -0.489 e.